The van der Waals surface area contributed by atoms with Gasteiger partial charge < -0.3 is 10.1 Å². The standard InChI is InChI=1S/C13H22ClN3O/c1-4-17-12(13(14)9(2)16-17)7-10-8-18-6-5-11(10)15-3/h10-11,15H,4-8H2,1-3H3. The maximum Gasteiger partial charge on any atom is 0.0847 e. The van der Waals surface area contributed by atoms with Gasteiger partial charge in [0.05, 0.1) is 23.0 Å². The second kappa shape index (κ2) is 6.04. The molecular weight excluding hydrogens is 250 g/mol. The fourth-order valence-electron chi connectivity index (χ4n) is 2.69. The van der Waals surface area contributed by atoms with Gasteiger partial charge in [0.15, 0.2) is 0 Å². The van der Waals surface area contributed by atoms with Gasteiger partial charge in [0.25, 0.3) is 0 Å². The Bertz CT molecular complexity index is 405. The summed E-state index contributed by atoms with van der Waals surface area (Å²) in [7, 11) is 2.02. The average molecular weight is 272 g/mol. The van der Waals surface area contributed by atoms with Crippen molar-refractivity contribution >= 4 is 11.6 Å². The molecule has 18 heavy (non-hydrogen) atoms. The van der Waals surface area contributed by atoms with Crippen LogP contribution >= 0.6 is 11.6 Å². The molecule has 1 aliphatic rings. The molecule has 1 fully saturated rings. The molecule has 2 heterocycles. The van der Waals surface area contributed by atoms with Crippen molar-refractivity contribution in [1.29, 1.82) is 0 Å². The molecule has 0 aliphatic carbocycles. The summed E-state index contributed by atoms with van der Waals surface area (Å²) in [6.07, 6.45) is 2.00. The zero-order valence-electron chi connectivity index (χ0n) is 11.4. The molecular formula is C13H22ClN3O. The second-order valence-corrected chi connectivity index (χ2v) is 5.26. The average Bonchev–Trinajstić information content (AvgIpc) is 2.67. The fraction of sp³-hybridized carbons (Fsp3) is 0.769. The molecule has 1 aromatic rings. The maximum atomic E-state index is 6.36. The van der Waals surface area contributed by atoms with Crippen LogP contribution < -0.4 is 5.32 Å². The Morgan fingerprint density at radius 1 is 1.56 bits per heavy atom. The summed E-state index contributed by atoms with van der Waals surface area (Å²) in [5.41, 5.74) is 2.07. The van der Waals surface area contributed by atoms with Crippen molar-refractivity contribution in [3.63, 3.8) is 0 Å². The lowest BCUT2D eigenvalue weighted by molar-refractivity contribution is 0.0335. The summed E-state index contributed by atoms with van der Waals surface area (Å²) >= 11 is 6.36. The molecule has 2 unspecified atom stereocenters. The van der Waals surface area contributed by atoms with Crippen molar-refractivity contribution in [2.45, 2.75) is 39.3 Å². The van der Waals surface area contributed by atoms with E-state index < -0.39 is 0 Å². The topological polar surface area (TPSA) is 39.1 Å². The molecule has 0 spiro atoms. The van der Waals surface area contributed by atoms with Crippen molar-refractivity contribution in [1.82, 2.24) is 15.1 Å². The number of hydrogen-bond donors (Lipinski definition) is 1. The van der Waals surface area contributed by atoms with Gasteiger partial charge in [-0.3, -0.25) is 4.68 Å². The van der Waals surface area contributed by atoms with Crippen molar-refractivity contribution in [2.75, 3.05) is 20.3 Å². The number of aryl methyl sites for hydroxylation is 2. The Morgan fingerprint density at radius 3 is 3.00 bits per heavy atom. The smallest absolute Gasteiger partial charge is 0.0847 e. The quantitative estimate of drug-likeness (QED) is 0.911. The molecule has 0 bridgehead atoms. The highest BCUT2D eigenvalue weighted by Crippen LogP contribution is 2.26. The minimum atomic E-state index is 0.475. The molecule has 0 amide bonds. The zero-order chi connectivity index (χ0) is 13.1. The van der Waals surface area contributed by atoms with Crippen molar-refractivity contribution < 1.29 is 4.74 Å². The highest BCUT2D eigenvalue weighted by molar-refractivity contribution is 6.31. The van der Waals surface area contributed by atoms with Gasteiger partial charge in [0.1, 0.15) is 0 Å². The molecule has 0 radical (unpaired) electrons. The van der Waals surface area contributed by atoms with E-state index in [9.17, 15) is 0 Å². The van der Waals surface area contributed by atoms with Crippen LogP contribution in [0.3, 0.4) is 0 Å². The monoisotopic (exact) mass is 271 g/mol. The Balaban J connectivity index is 2.17. The summed E-state index contributed by atoms with van der Waals surface area (Å²) in [6, 6.07) is 0.510. The summed E-state index contributed by atoms with van der Waals surface area (Å²) in [6.45, 7) is 6.57. The van der Waals surface area contributed by atoms with Crippen LogP contribution in [-0.4, -0.2) is 36.1 Å². The SMILES string of the molecule is CCn1nc(C)c(Cl)c1CC1COCCC1NC. The van der Waals surface area contributed by atoms with Crippen LogP contribution in [0.1, 0.15) is 24.7 Å². The summed E-state index contributed by atoms with van der Waals surface area (Å²) in [5, 5.41) is 8.67. The number of nitrogens with one attached hydrogen (secondary N) is 1. The summed E-state index contributed by atoms with van der Waals surface area (Å²) in [5.74, 6) is 0.475. The summed E-state index contributed by atoms with van der Waals surface area (Å²) < 4.78 is 7.61. The number of halogens is 1. The molecule has 1 aromatic heterocycles. The number of rotatable bonds is 4. The van der Waals surface area contributed by atoms with Crippen LogP contribution in [0, 0.1) is 12.8 Å². The lowest BCUT2D eigenvalue weighted by Crippen LogP contribution is -2.42. The van der Waals surface area contributed by atoms with E-state index in [0.29, 0.717) is 12.0 Å². The van der Waals surface area contributed by atoms with Crippen LogP contribution in [0.5, 0.6) is 0 Å². The van der Waals surface area contributed by atoms with E-state index in [0.717, 1.165) is 49.0 Å². The first-order chi connectivity index (χ1) is 8.67. The highest BCUT2D eigenvalue weighted by atomic mass is 35.5. The molecule has 4 nitrogen and oxygen atoms in total. The molecule has 2 atom stereocenters. The van der Waals surface area contributed by atoms with Crippen molar-refractivity contribution in [3.05, 3.63) is 16.4 Å². The van der Waals surface area contributed by atoms with Gasteiger partial charge >= 0.3 is 0 Å². The lowest BCUT2D eigenvalue weighted by atomic mass is 9.91. The van der Waals surface area contributed by atoms with Crippen LogP contribution in [0.4, 0.5) is 0 Å². The van der Waals surface area contributed by atoms with Gasteiger partial charge in [-0.15, -0.1) is 0 Å². The number of hydrogen-bond acceptors (Lipinski definition) is 3. The van der Waals surface area contributed by atoms with Gasteiger partial charge in [-0.05, 0) is 33.7 Å². The maximum absolute atomic E-state index is 6.36. The van der Waals surface area contributed by atoms with E-state index >= 15 is 0 Å². The van der Waals surface area contributed by atoms with E-state index in [1.54, 1.807) is 0 Å². The predicted octanol–water partition coefficient (Wildman–Crippen LogP) is 2.03. The third kappa shape index (κ3) is 2.71. The minimum Gasteiger partial charge on any atom is -0.381 e. The molecule has 1 aliphatic heterocycles. The molecule has 1 N–H and O–H groups in total. The number of nitrogens with zero attached hydrogens (tertiary/aromatic N) is 2. The molecule has 102 valence electrons. The van der Waals surface area contributed by atoms with Crippen molar-refractivity contribution in [2.24, 2.45) is 5.92 Å². The normalized spacial score (nSPS) is 24.4. The molecule has 5 heteroatoms. The third-order valence-corrected chi connectivity index (χ3v) is 4.24. The zero-order valence-corrected chi connectivity index (χ0v) is 12.1. The van der Waals surface area contributed by atoms with E-state index in [1.807, 2.05) is 18.7 Å². The lowest BCUT2D eigenvalue weighted by Gasteiger charge is -2.31. The van der Waals surface area contributed by atoms with Gasteiger partial charge in [-0.1, -0.05) is 11.6 Å². The first-order valence-corrected chi connectivity index (χ1v) is 7.02. The van der Waals surface area contributed by atoms with Gasteiger partial charge in [0.2, 0.25) is 0 Å². The van der Waals surface area contributed by atoms with E-state index in [-0.39, 0.29) is 0 Å². The molecule has 1 saturated heterocycles. The Morgan fingerprint density at radius 2 is 2.33 bits per heavy atom. The molecule has 0 saturated carbocycles. The highest BCUT2D eigenvalue weighted by Gasteiger charge is 2.27. The van der Waals surface area contributed by atoms with Crippen LogP contribution in [-0.2, 0) is 17.7 Å². The Labute approximate surface area is 114 Å². The van der Waals surface area contributed by atoms with Gasteiger partial charge in [-0.25, -0.2) is 0 Å². The van der Waals surface area contributed by atoms with Gasteiger partial charge in [-0.2, -0.15) is 5.10 Å². The molecule has 0 aromatic carbocycles. The Hall–Kier alpha value is -0.580. The van der Waals surface area contributed by atoms with E-state index in [4.69, 9.17) is 16.3 Å². The largest absolute Gasteiger partial charge is 0.381 e. The molecule has 2 rings (SSSR count). The van der Waals surface area contributed by atoms with Crippen LogP contribution in [0.15, 0.2) is 0 Å². The third-order valence-electron chi connectivity index (χ3n) is 3.75. The van der Waals surface area contributed by atoms with Crippen LogP contribution in [0.2, 0.25) is 5.02 Å². The van der Waals surface area contributed by atoms with Crippen LogP contribution in [0.25, 0.3) is 0 Å². The minimum absolute atomic E-state index is 0.475. The Kier molecular flexibility index (Phi) is 4.65. The van der Waals surface area contributed by atoms with E-state index in [1.165, 1.54) is 0 Å². The number of aromatic nitrogens is 2. The number of ether oxygens (including phenoxy) is 1. The predicted molar refractivity (Wildman–Crippen MR) is 73.1 cm³/mol. The first kappa shape index (κ1) is 13.8. The van der Waals surface area contributed by atoms with Crippen molar-refractivity contribution in [3.8, 4) is 0 Å². The van der Waals surface area contributed by atoms with E-state index in [2.05, 4.69) is 17.3 Å². The first-order valence-electron chi connectivity index (χ1n) is 6.64. The fourth-order valence-corrected chi connectivity index (χ4v) is 2.90. The van der Waals surface area contributed by atoms with Gasteiger partial charge in [0, 0.05) is 25.1 Å². The summed E-state index contributed by atoms with van der Waals surface area (Å²) in [4.78, 5) is 0. The second-order valence-electron chi connectivity index (χ2n) is 4.88.